The highest BCUT2D eigenvalue weighted by molar-refractivity contribution is 5.42. The Hall–Kier alpha value is -1.26. The molecule has 0 bridgehead atoms. The summed E-state index contributed by atoms with van der Waals surface area (Å²) in [5.41, 5.74) is 0.784. The minimum atomic E-state index is -0.616. The third-order valence-electron chi connectivity index (χ3n) is 2.32. The fourth-order valence-corrected chi connectivity index (χ4v) is 1.56. The van der Waals surface area contributed by atoms with Gasteiger partial charge < -0.3 is 19.7 Å². The Morgan fingerprint density at radius 1 is 1.38 bits per heavy atom. The van der Waals surface area contributed by atoms with E-state index < -0.39 is 12.2 Å². The molecule has 16 heavy (non-hydrogen) atoms. The fraction of sp³-hybridized carbons (Fsp3) is 0.500. The summed E-state index contributed by atoms with van der Waals surface area (Å²) in [5, 5.41) is 19.1. The van der Waals surface area contributed by atoms with E-state index in [2.05, 4.69) is 0 Å². The van der Waals surface area contributed by atoms with Gasteiger partial charge in [-0.05, 0) is 31.5 Å². The molecule has 0 aliphatic rings. The highest BCUT2D eigenvalue weighted by Gasteiger charge is 2.18. The Balaban J connectivity index is 3.00. The molecule has 0 aromatic heterocycles. The van der Waals surface area contributed by atoms with Crippen molar-refractivity contribution in [1.82, 2.24) is 0 Å². The van der Waals surface area contributed by atoms with E-state index in [-0.39, 0.29) is 5.75 Å². The molecule has 2 atom stereocenters. The summed E-state index contributed by atoms with van der Waals surface area (Å²) in [6, 6.07) is 4.91. The summed E-state index contributed by atoms with van der Waals surface area (Å²) in [6.45, 7) is 4.05. The standard InChI is InChI=1S/C12H18O4/c1-4-16-12(8(2)13)9-5-6-10(14)11(7-9)15-3/h5-8,12-14H,4H2,1-3H3. The second-order valence-corrected chi connectivity index (χ2v) is 3.55. The Morgan fingerprint density at radius 3 is 2.56 bits per heavy atom. The number of ether oxygens (including phenoxy) is 2. The van der Waals surface area contributed by atoms with Gasteiger partial charge in [-0.1, -0.05) is 6.07 Å². The van der Waals surface area contributed by atoms with Crippen LogP contribution < -0.4 is 4.74 Å². The maximum atomic E-state index is 9.60. The number of benzene rings is 1. The van der Waals surface area contributed by atoms with Crippen LogP contribution in [-0.4, -0.2) is 30.0 Å². The number of aliphatic hydroxyl groups excluding tert-OH is 1. The van der Waals surface area contributed by atoms with Crippen molar-refractivity contribution >= 4 is 0 Å². The molecule has 2 N–H and O–H groups in total. The summed E-state index contributed by atoms with van der Waals surface area (Å²) in [7, 11) is 1.48. The lowest BCUT2D eigenvalue weighted by Gasteiger charge is -2.21. The van der Waals surface area contributed by atoms with Crippen molar-refractivity contribution < 1.29 is 19.7 Å². The van der Waals surface area contributed by atoms with Crippen molar-refractivity contribution in [2.45, 2.75) is 26.1 Å². The molecule has 4 nitrogen and oxygen atoms in total. The maximum Gasteiger partial charge on any atom is 0.160 e. The Labute approximate surface area is 95.4 Å². The molecular formula is C12H18O4. The smallest absolute Gasteiger partial charge is 0.160 e. The number of methoxy groups -OCH3 is 1. The molecule has 1 aromatic carbocycles. The average molecular weight is 226 g/mol. The molecule has 0 amide bonds. The first-order chi connectivity index (χ1) is 7.60. The van der Waals surface area contributed by atoms with Gasteiger partial charge in [0.2, 0.25) is 0 Å². The molecule has 0 spiro atoms. The highest BCUT2D eigenvalue weighted by Crippen LogP contribution is 2.31. The van der Waals surface area contributed by atoms with Gasteiger partial charge in [0, 0.05) is 6.61 Å². The Kier molecular flexibility index (Phi) is 4.58. The van der Waals surface area contributed by atoms with E-state index in [1.54, 1.807) is 19.1 Å². The molecule has 0 saturated carbocycles. The van der Waals surface area contributed by atoms with Gasteiger partial charge in [-0.3, -0.25) is 0 Å². The van der Waals surface area contributed by atoms with Gasteiger partial charge in [-0.25, -0.2) is 0 Å². The van der Waals surface area contributed by atoms with Crippen LogP contribution in [0.2, 0.25) is 0 Å². The van der Waals surface area contributed by atoms with Crippen LogP contribution in [0.25, 0.3) is 0 Å². The first-order valence-corrected chi connectivity index (χ1v) is 5.26. The van der Waals surface area contributed by atoms with E-state index in [4.69, 9.17) is 9.47 Å². The number of phenolic OH excluding ortho intramolecular Hbond substituents is 1. The number of phenols is 1. The van der Waals surface area contributed by atoms with Gasteiger partial charge in [-0.15, -0.1) is 0 Å². The van der Waals surface area contributed by atoms with Crippen molar-refractivity contribution in [3.05, 3.63) is 23.8 Å². The molecule has 0 aliphatic heterocycles. The van der Waals surface area contributed by atoms with Crippen LogP contribution in [0.5, 0.6) is 11.5 Å². The summed E-state index contributed by atoms with van der Waals surface area (Å²) in [6.07, 6.45) is -1.02. The Morgan fingerprint density at radius 2 is 2.06 bits per heavy atom. The van der Waals surface area contributed by atoms with Crippen LogP contribution in [0.4, 0.5) is 0 Å². The zero-order chi connectivity index (χ0) is 12.1. The highest BCUT2D eigenvalue weighted by atomic mass is 16.5. The molecule has 1 rings (SSSR count). The fourth-order valence-electron chi connectivity index (χ4n) is 1.56. The lowest BCUT2D eigenvalue weighted by atomic mass is 10.0. The third-order valence-corrected chi connectivity index (χ3v) is 2.32. The number of hydrogen-bond acceptors (Lipinski definition) is 4. The molecule has 0 heterocycles. The SMILES string of the molecule is CCOC(c1ccc(O)c(OC)c1)C(C)O. The summed E-state index contributed by atoms with van der Waals surface area (Å²) in [5.74, 6) is 0.454. The van der Waals surface area contributed by atoms with Crippen molar-refractivity contribution in [1.29, 1.82) is 0 Å². The summed E-state index contributed by atoms with van der Waals surface area (Å²) in [4.78, 5) is 0. The number of rotatable bonds is 5. The molecule has 0 aliphatic carbocycles. The van der Waals surface area contributed by atoms with Gasteiger partial charge >= 0.3 is 0 Å². The Bertz CT molecular complexity index is 336. The largest absolute Gasteiger partial charge is 0.504 e. The van der Waals surface area contributed by atoms with Crippen LogP contribution >= 0.6 is 0 Å². The van der Waals surface area contributed by atoms with E-state index in [1.807, 2.05) is 6.92 Å². The van der Waals surface area contributed by atoms with Gasteiger partial charge in [0.05, 0.1) is 13.2 Å². The summed E-state index contributed by atoms with van der Waals surface area (Å²) < 4.78 is 10.4. The van der Waals surface area contributed by atoms with E-state index in [1.165, 1.54) is 13.2 Å². The summed E-state index contributed by atoms with van der Waals surface area (Å²) >= 11 is 0. The minimum Gasteiger partial charge on any atom is -0.504 e. The van der Waals surface area contributed by atoms with Crippen LogP contribution in [0, 0.1) is 0 Å². The molecule has 0 radical (unpaired) electrons. The average Bonchev–Trinajstić information content (AvgIpc) is 2.26. The molecule has 0 fully saturated rings. The third kappa shape index (κ3) is 2.87. The second kappa shape index (κ2) is 5.72. The zero-order valence-corrected chi connectivity index (χ0v) is 9.80. The quantitative estimate of drug-likeness (QED) is 0.804. The molecule has 4 heteroatoms. The topological polar surface area (TPSA) is 58.9 Å². The predicted molar refractivity (Wildman–Crippen MR) is 60.7 cm³/mol. The van der Waals surface area contributed by atoms with Gasteiger partial charge in [0.15, 0.2) is 11.5 Å². The van der Waals surface area contributed by atoms with Crippen LogP contribution in [0.3, 0.4) is 0 Å². The normalized spacial score (nSPS) is 14.5. The lowest BCUT2D eigenvalue weighted by Crippen LogP contribution is -2.18. The van der Waals surface area contributed by atoms with Gasteiger partial charge in [0.1, 0.15) is 6.10 Å². The number of hydrogen-bond donors (Lipinski definition) is 2. The maximum absolute atomic E-state index is 9.60. The van der Waals surface area contributed by atoms with E-state index in [9.17, 15) is 10.2 Å². The monoisotopic (exact) mass is 226 g/mol. The second-order valence-electron chi connectivity index (χ2n) is 3.55. The van der Waals surface area contributed by atoms with Crippen LogP contribution in [0.1, 0.15) is 25.5 Å². The minimum absolute atomic E-state index is 0.0760. The predicted octanol–water partition coefficient (Wildman–Crippen LogP) is 1.86. The van der Waals surface area contributed by atoms with Crippen molar-refractivity contribution in [2.75, 3.05) is 13.7 Å². The van der Waals surface area contributed by atoms with Gasteiger partial charge in [-0.2, -0.15) is 0 Å². The molecule has 90 valence electrons. The molecular weight excluding hydrogens is 208 g/mol. The van der Waals surface area contributed by atoms with Crippen molar-refractivity contribution in [2.24, 2.45) is 0 Å². The number of aliphatic hydroxyl groups is 1. The van der Waals surface area contributed by atoms with Gasteiger partial charge in [0.25, 0.3) is 0 Å². The van der Waals surface area contributed by atoms with Crippen LogP contribution in [-0.2, 0) is 4.74 Å². The van der Waals surface area contributed by atoms with E-state index in [0.29, 0.717) is 12.4 Å². The first kappa shape index (κ1) is 12.8. The van der Waals surface area contributed by atoms with E-state index >= 15 is 0 Å². The zero-order valence-electron chi connectivity index (χ0n) is 9.80. The van der Waals surface area contributed by atoms with Crippen molar-refractivity contribution in [3.8, 4) is 11.5 Å². The first-order valence-electron chi connectivity index (χ1n) is 5.26. The number of aromatic hydroxyl groups is 1. The molecule has 2 unspecified atom stereocenters. The lowest BCUT2D eigenvalue weighted by molar-refractivity contribution is -0.0260. The van der Waals surface area contributed by atoms with Crippen LogP contribution in [0.15, 0.2) is 18.2 Å². The molecule has 0 saturated heterocycles. The molecule has 1 aromatic rings. The van der Waals surface area contributed by atoms with E-state index in [0.717, 1.165) is 5.56 Å². The van der Waals surface area contributed by atoms with Crippen molar-refractivity contribution in [3.63, 3.8) is 0 Å².